The minimum Gasteiger partial charge on any atom is -0.547 e. The fraction of sp³-hybridized carbons (Fsp3) is 0.318. The van der Waals surface area contributed by atoms with Gasteiger partial charge in [-0.2, -0.15) is 0 Å². The predicted molar refractivity (Wildman–Crippen MR) is 103 cm³/mol. The van der Waals surface area contributed by atoms with Crippen LogP contribution in [0.3, 0.4) is 0 Å². The summed E-state index contributed by atoms with van der Waals surface area (Å²) in [5, 5.41) is 13.0. The summed E-state index contributed by atoms with van der Waals surface area (Å²) in [5.41, 5.74) is 2.58. The summed E-state index contributed by atoms with van der Waals surface area (Å²) in [6.07, 6.45) is -1.19. The van der Waals surface area contributed by atoms with Gasteiger partial charge in [0.2, 0.25) is 0 Å². The molecule has 2 aromatic carbocycles. The Morgan fingerprint density at radius 2 is 1.68 bits per heavy atom. The number of carbonyl (C=O) groups is 1. The summed E-state index contributed by atoms with van der Waals surface area (Å²) in [4.78, 5) is 12.0. The zero-order chi connectivity index (χ0) is 19.8. The van der Waals surface area contributed by atoms with Gasteiger partial charge in [0.05, 0.1) is 24.4 Å². The Hall–Kier alpha value is -1.79. The molecule has 0 N–H and O–H groups in total. The van der Waals surface area contributed by atoms with Gasteiger partial charge >= 0.3 is 29.6 Å². The molecule has 0 aliphatic rings. The Labute approximate surface area is 187 Å². The number of nitrogens with zero attached hydrogens (tertiary/aromatic N) is 1. The van der Waals surface area contributed by atoms with E-state index < -0.39 is 17.7 Å². The van der Waals surface area contributed by atoms with Crippen molar-refractivity contribution < 1.29 is 48.9 Å². The first-order valence-corrected chi connectivity index (χ1v) is 8.83. The maximum absolute atomic E-state index is 12.0. The van der Waals surface area contributed by atoms with Gasteiger partial charge in [0.1, 0.15) is 11.9 Å². The Balaban J connectivity index is 0.00000280. The van der Waals surface area contributed by atoms with Crippen molar-refractivity contribution in [3.63, 3.8) is 0 Å². The van der Waals surface area contributed by atoms with Gasteiger partial charge in [0.15, 0.2) is 0 Å². The number of carbonyl (C=O) groups excluding carboxylic acids is 1. The van der Waals surface area contributed by atoms with E-state index in [2.05, 4.69) is 0 Å². The van der Waals surface area contributed by atoms with Crippen molar-refractivity contribution in [1.29, 1.82) is 0 Å². The third-order valence-electron chi connectivity index (χ3n) is 4.46. The fourth-order valence-electron chi connectivity index (χ4n) is 3.35. The zero-order valence-corrected chi connectivity index (χ0v) is 19.3. The molecule has 0 spiro atoms. The third kappa shape index (κ3) is 4.44. The standard InChI is InChI=1S/C22H25NO4.Na/c1-22(2,3)27-20(21(24)25)19-18(14-10-12-15(26-5)13-11-14)16-8-6-7-9-17(16)23(19)4;/h6-13,20H,1-5H3,(H,24,25);/q;+1/p-1. The minimum atomic E-state index is -1.26. The number of methoxy groups -OCH3 is 1. The molecule has 3 aromatic rings. The van der Waals surface area contributed by atoms with E-state index >= 15 is 0 Å². The molecule has 1 heterocycles. The van der Waals surface area contributed by atoms with Gasteiger partial charge in [-0.25, -0.2) is 0 Å². The Morgan fingerprint density at radius 1 is 1.07 bits per heavy atom. The SMILES string of the molecule is COc1ccc(-c2c(C(OC(C)(C)C)C(=O)[O-])n(C)c3ccccc23)cc1.[Na+]. The topological polar surface area (TPSA) is 63.5 Å². The van der Waals surface area contributed by atoms with Crippen LogP contribution >= 0.6 is 0 Å². The number of aliphatic carboxylic acids is 1. The van der Waals surface area contributed by atoms with E-state index in [1.807, 2.05) is 80.9 Å². The van der Waals surface area contributed by atoms with Gasteiger partial charge < -0.3 is 23.9 Å². The summed E-state index contributed by atoms with van der Waals surface area (Å²) in [6, 6.07) is 15.4. The van der Waals surface area contributed by atoms with Crippen molar-refractivity contribution in [2.24, 2.45) is 7.05 Å². The Kier molecular flexibility index (Phi) is 6.99. The van der Waals surface area contributed by atoms with Crippen molar-refractivity contribution in [2.75, 3.05) is 7.11 Å². The van der Waals surface area contributed by atoms with Gasteiger partial charge in [-0.3, -0.25) is 0 Å². The van der Waals surface area contributed by atoms with Crippen molar-refractivity contribution >= 4 is 16.9 Å². The molecule has 1 aromatic heterocycles. The zero-order valence-electron chi connectivity index (χ0n) is 17.3. The van der Waals surface area contributed by atoms with Crippen LogP contribution in [0.2, 0.25) is 0 Å². The third-order valence-corrected chi connectivity index (χ3v) is 4.46. The van der Waals surface area contributed by atoms with Crippen LogP contribution in [0.15, 0.2) is 48.5 Å². The monoisotopic (exact) mass is 389 g/mol. The molecular formula is C22H24NNaO4. The summed E-state index contributed by atoms with van der Waals surface area (Å²) >= 11 is 0. The molecule has 0 amide bonds. The first kappa shape index (κ1) is 22.5. The maximum atomic E-state index is 12.0. The smallest absolute Gasteiger partial charge is 0.547 e. The van der Waals surface area contributed by atoms with E-state index in [0.29, 0.717) is 5.69 Å². The molecule has 1 unspecified atom stereocenters. The second kappa shape index (κ2) is 8.70. The van der Waals surface area contributed by atoms with Gasteiger partial charge in [0.25, 0.3) is 0 Å². The largest absolute Gasteiger partial charge is 1.00 e. The second-order valence-electron chi connectivity index (χ2n) is 7.49. The molecule has 3 rings (SSSR count). The second-order valence-corrected chi connectivity index (χ2v) is 7.49. The number of fused-ring (bicyclic) bond motifs is 1. The number of aromatic nitrogens is 1. The van der Waals surface area contributed by atoms with Crippen LogP contribution in [0.4, 0.5) is 0 Å². The van der Waals surface area contributed by atoms with Crippen LogP contribution < -0.4 is 39.4 Å². The van der Waals surface area contributed by atoms with Crippen LogP contribution in [0, 0.1) is 0 Å². The van der Waals surface area contributed by atoms with E-state index in [0.717, 1.165) is 27.8 Å². The summed E-state index contributed by atoms with van der Waals surface area (Å²) in [6.45, 7) is 5.50. The van der Waals surface area contributed by atoms with E-state index in [4.69, 9.17) is 9.47 Å². The van der Waals surface area contributed by atoms with Crippen molar-refractivity contribution in [2.45, 2.75) is 32.5 Å². The summed E-state index contributed by atoms with van der Waals surface area (Å²) in [7, 11) is 3.47. The summed E-state index contributed by atoms with van der Waals surface area (Å²) in [5.74, 6) is -0.520. The number of carboxylic acids is 1. The van der Waals surface area contributed by atoms with E-state index in [1.165, 1.54) is 0 Å². The van der Waals surface area contributed by atoms with Crippen molar-refractivity contribution in [3.8, 4) is 16.9 Å². The average Bonchev–Trinajstić information content (AvgIpc) is 2.92. The van der Waals surface area contributed by atoms with Crippen LogP contribution in [0.5, 0.6) is 5.75 Å². The Morgan fingerprint density at radius 3 is 2.21 bits per heavy atom. The molecular weight excluding hydrogens is 365 g/mol. The van der Waals surface area contributed by atoms with Crippen molar-refractivity contribution in [3.05, 3.63) is 54.2 Å². The molecule has 0 aliphatic carbocycles. The molecule has 5 nitrogen and oxygen atoms in total. The molecule has 0 fully saturated rings. The van der Waals surface area contributed by atoms with Gasteiger partial charge in [-0.05, 0) is 44.5 Å². The molecule has 28 heavy (non-hydrogen) atoms. The fourth-order valence-corrected chi connectivity index (χ4v) is 3.35. The molecule has 6 heteroatoms. The summed E-state index contributed by atoms with van der Waals surface area (Å²) < 4.78 is 13.0. The molecule has 0 saturated carbocycles. The molecule has 0 radical (unpaired) electrons. The number of rotatable bonds is 5. The normalized spacial score (nSPS) is 12.5. The predicted octanol–water partition coefficient (Wildman–Crippen LogP) is 0.464. The quantitative estimate of drug-likeness (QED) is 0.595. The molecule has 1 atom stereocenters. The number of para-hydroxylation sites is 1. The maximum Gasteiger partial charge on any atom is 1.00 e. The molecule has 142 valence electrons. The first-order chi connectivity index (χ1) is 12.7. The van der Waals surface area contributed by atoms with Crippen LogP contribution in [0.1, 0.15) is 32.6 Å². The first-order valence-electron chi connectivity index (χ1n) is 8.83. The number of carboxylic acid groups (broad SMARTS) is 1. The number of ether oxygens (including phenoxy) is 2. The van der Waals surface area contributed by atoms with Crippen molar-refractivity contribution in [1.82, 2.24) is 4.57 Å². The van der Waals surface area contributed by atoms with E-state index in [-0.39, 0.29) is 29.6 Å². The minimum absolute atomic E-state index is 0. The number of aryl methyl sites for hydroxylation is 1. The molecule has 0 bridgehead atoms. The van der Waals surface area contributed by atoms with Gasteiger partial charge in [-0.15, -0.1) is 0 Å². The number of hydrogen-bond acceptors (Lipinski definition) is 4. The molecule has 0 aliphatic heterocycles. The Bertz CT molecular complexity index is 971. The molecule has 0 saturated heterocycles. The van der Waals surface area contributed by atoms with E-state index in [9.17, 15) is 9.90 Å². The van der Waals surface area contributed by atoms with Crippen LogP contribution in [0.25, 0.3) is 22.0 Å². The number of hydrogen-bond donors (Lipinski definition) is 0. The van der Waals surface area contributed by atoms with E-state index in [1.54, 1.807) is 7.11 Å². The number of benzene rings is 2. The average molecular weight is 389 g/mol. The van der Waals surface area contributed by atoms with Crippen LogP contribution in [-0.2, 0) is 16.6 Å². The van der Waals surface area contributed by atoms with Crippen LogP contribution in [-0.4, -0.2) is 23.2 Å². The van der Waals surface area contributed by atoms with Gasteiger partial charge in [-0.1, -0.05) is 30.3 Å². The van der Waals surface area contributed by atoms with Gasteiger partial charge in [0, 0.05) is 23.5 Å².